The number of aryl methyl sites for hydroxylation is 1. The van der Waals surface area contributed by atoms with Crippen LogP contribution in [0.2, 0.25) is 0 Å². The molecule has 0 aliphatic rings. The maximum absolute atomic E-state index is 12.2. The van der Waals surface area contributed by atoms with E-state index in [0.717, 1.165) is 11.1 Å². The second-order valence-corrected chi connectivity index (χ2v) is 6.59. The molecule has 3 aromatic rings. The highest BCUT2D eigenvalue weighted by Crippen LogP contribution is 2.31. The van der Waals surface area contributed by atoms with E-state index in [1.165, 1.54) is 14.2 Å². The van der Waals surface area contributed by atoms with Crippen molar-refractivity contribution in [1.29, 1.82) is 5.41 Å². The van der Waals surface area contributed by atoms with Gasteiger partial charge in [0, 0.05) is 17.5 Å². The van der Waals surface area contributed by atoms with Crippen LogP contribution in [0.4, 0.5) is 0 Å². The van der Waals surface area contributed by atoms with E-state index in [-0.39, 0.29) is 18.2 Å². The van der Waals surface area contributed by atoms with Crippen molar-refractivity contribution in [2.45, 2.75) is 12.8 Å². The van der Waals surface area contributed by atoms with Crippen LogP contribution in [-0.4, -0.2) is 32.0 Å². The van der Waals surface area contributed by atoms with E-state index in [2.05, 4.69) is 4.74 Å². The highest BCUT2D eigenvalue weighted by atomic mass is 16.5. The third-order valence-corrected chi connectivity index (χ3v) is 4.67. The molecule has 0 spiro atoms. The first-order chi connectivity index (χ1) is 14.4. The van der Waals surface area contributed by atoms with Gasteiger partial charge in [-0.3, -0.25) is 10.2 Å². The number of rotatable bonds is 7. The molecular weight excluding hydrogens is 384 g/mol. The Morgan fingerprint density at radius 1 is 0.933 bits per heavy atom. The predicted octanol–water partition coefficient (Wildman–Crippen LogP) is 3.79. The fourth-order valence-corrected chi connectivity index (χ4v) is 3.02. The van der Waals surface area contributed by atoms with Gasteiger partial charge in [-0.15, -0.1) is 0 Å². The van der Waals surface area contributed by atoms with Gasteiger partial charge in [-0.1, -0.05) is 48.5 Å². The van der Waals surface area contributed by atoms with Crippen LogP contribution in [0.3, 0.4) is 0 Å². The minimum Gasteiger partial charge on any atom is -0.469 e. The van der Waals surface area contributed by atoms with Crippen LogP contribution >= 0.6 is 0 Å². The Kier molecular flexibility index (Phi) is 6.32. The van der Waals surface area contributed by atoms with E-state index < -0.39 is 5.97 Å². The number of nitrogens with one attached hydrogen (secondary N) is 1. The molecule has 0 aliphatic heterocycles. The van der Waals surface area contributed by atoms with Crippen LogP contribution in [0.5, 0.6) is 0 Å². The lowest BCUT2D eigenvalue weighted by Gasteiger charge is -2.06. The monoisotopic (exact) mass is 406 g/mol. The van der Waals surface area contributed by atoms with Gasteiger partial charge in [-0.25, -0.2) is 4.79 Å². The number of amidine groups is 1. The molecule has 0 unspecified atom stereocenters. The van der Waals surface area contributed by atoms with Crippen molar-refractivity contribution < 1.29 is 23.5 Å². The van der Waals surface area contributed by atoms with Crippen molar-refractivity contribution in [1.82, 2.24) is 0 Å². The second kappa shape index (κ2) is 9.09. The zero-order chi connectivity index (χ0) is 21.7. The fourth-order valence-electron chi connectivity index (χ4n) is 3.02. The summed E-state index contributed by atoms with van der Waals surface area (Å²) in [5, 5.41) is 7.47. The molecule has 2 aromatic carbocycles. The van der Waals surface area contributed by atoms with Crippen molar-refractivity contribution in [3.8, 4) is 22.5 Å². The first kappa shape index (κ1) is 20.9. The summed E-state index contributed by atoms with van der Waals surface area (Å²) in [7, 11) is 2.63. The summed E-state index contributed by atoms with van der Waals surface area (Å²) in [5.74, 6) is 0.0441. The molecule has 0 saturated heterocycles. The van der Waals surface area contributed by atoms with Crippen molar-refractivity contribution in [2.24, 2.45) is 5.73 Å². The summed E-state index contributed by atoms with van der Waals surface area (Å²) in [6, 6.07) is 16.5. The van der Waals surface area contributed by atoms with Gasteiger partial charge in [-0.05, 0) is 17.2 Å². The zero-order valence-electron chi connectivity index (χ0n) is 16.7. The number of ether oxygens (including phenoxy) is 2. The average Bonchev–Trinajstić information content (AvgIpc) is 3.21. The highest BCUT2D eigenvalue weighted by Gasteiger charge is 2.20. The van der Waals surface area contributed by atoms with Gasteiger partial charge in [0.2, 0.25) is 0 Å². The summed E-state index contributed by atoms with van der Waals surface area (Å²) in [6.45, 7) is 0. The van der Waals surface area contributed by atoms with Gasteiger partial charge >= 0.3 is 11.9 Å². The number of nitrogens with two attached hydrogens (primary N) is 1. The first-order valence-corrected chi connectivity index (χ1v) is 9.26. The number of hydrogen-bond acceptors (Lipinski definition) is 6. The Balaban J connectivity index is 1.88. The van der Waals surface area contributed by atoms with Crippen LogP contribution in [0.1, 0.15) is 28.1 Å². The molecule has 0 aliphatic carbocycles. The van der Waals surface area contributed by atoms with Gasteiger partial charge in [0.15, 0.2) is 0 Å². The van der Waals surface area contributed by atoms with Crippen LogP contribution in [0, 0.1) is 5.41 Å². The molecular formula is C23H22N2O5. The summed E-state index contributed by atoms with van der Waals surface area (Å²) in [4.78, 5) is 23.6. The molecule has 1 heterocycles. The molecule has 0 bridgehead atoms. The molecule has 7 heteroatoms. The van der Waals surface area contributed by atoms with Gasteiger partial charge in [0.05, 0.1) is 20.6 Å². The SMILES string of the molecule is COC(=O)CCc1cc(C(=O)OC)c(-c2ccc(-c3ccc(C(=N)N)cc3)cc2)o1. The number of esters is 2. The number of furan rings is 1. The van der Waals surface area contributed by atoms with Crippen molar-refractivity contribution >= 4 is 17.8 Å². The largest absolute Gasteiger partial charge is 0.469 e. The Morgan fingerprint density at radius 2 is 1.50 bits per heavy atom. The highest BCUT2D eigenvalue weighted by molar-refractivity contribution is 5.96. The quantitative estimate of drug-likeness (QED) is 0.350. The summed E-state index contributed by atoms with van der Waals surface area (Å²) >= 11 is 0. The maximum Gasteiger partial charge on any atom is 0.341 e. The number of methoxy groups -OCH3 is 2. The lowest BCUT2D eigenvalue weighted by atomic mass is 10.0. The molecule has 30 heavy (non-hydrogen) atoms. The lowest BCUT2D eigenvalue weighted by Crippen LogP contribution is -2.10. The molecule has 7 nitrogen and oxygen atoms in total. The van der Waals surface area contributed by atoms with E-state index in [9.17, 15) is 9.59 Å². The first-order valence-electron chi connectivity index (χ1n) is 9.26. The van der Waals surface area contributed by atoms with Gasteiger partial charge < -0.3 is 19.6 Å². The minimum absolute atomic E-state index is 0.0214. The molecule has 3 N–H and O–H groups in total. The smallest absolute Gasteiger partial charge is 0.341 e. The molecule has 0 radical (unpaired) electrons. The topological polar surface area (TPSA) is 116 Å². The predicted molar refractivity (Wildman–Crippen MR) is 112 cm³/mol. The van der Waals surface area contributed by atoms with Crippen LogP contribution in [-0.2, 0) is 20.7 Å². The molecule has 3 rings (SSSR count). The minimum atomic E-state index is -0.512. The third-order valence-electron chi connectivity index (χ3n) is 4.67. The number of carbonyl (C=O) groups excluding carboxylic acids is 2. The molecule has 1 aromatic heterocycles. The molecule has 0 saturated carbocycles. The van der Waals surface area contributed by atoms with Gasteiger partial charge in [0.1, 0.15) is 22.9 Å². The number of benzene rings is 2. The van der Waals surface area contributed by atoms with Crippen LogP contribution in [0.15, 0.2) is 59.0 Å². The van der Waals surface area contributed by atoms with E-state index in [4.69, 9.17) is 20.3 Å². The third kappa shape index (κ3) is 4.57. The van der Waals surface area contributed by atoms with Gasteiger partial charge in [-0.2, -0.15) is 0 Å². The summed E-state index contributed by atoms with van der Waals surface area (Å²) in [5.41, 5.74) is 9.10. The molecule has 0 amide bonds. The molecule has 0 fully saturated rings. The Morgan fingerprint density at radius 3 is 2.03 bits per heavy atom. The summed E-state index contributed by atoms with van der Waals surface area (Å²) < 4.78 is 15.4. The van der Waals surface area contributed by atoms with Crippen LogP contribution < -0.4 is 5.73 Å². The summed E-state index contributed by atoms with van der Waals surface area (Å²) in [6.07, 6.45) is 0.469. The number of nitrogen functional groups attached to an aromatic ring is 1. The average molecular weight is 406 g/mol. The Labute approximate surface area is 173 Å². The van der Waals surface area contributed by atoms with Crippen LogP contribution in [0.25, 0.3) is 22.5 Å². The van der Waals surface area contributed by atoms with E-state index in [1.54, 1.807) is 18.2 Å². The van der Waals surface area contributed by atoms with Crippen molar-refractivity contribution in [3.63, 3.8) is 0 Å². The Hall–Kier alpha value is -3.87. The second-order valence-electron chi connectivity index (χ2n) is 6.59. The van der Waals surface area contributed by atoms with Crippen molar-refractivity contribution in [3.05, 3.63) is 71.5 Å². The maximum atomic E-state index is 12.2. The number of hydrogen-bond donors (Lipinski definition) is 2. The normalized spacial score (nSPS) is 10.5. The van der Waals surface area contributed by atoms with E-state index >= 15 is 0 Å². The lowest BCUT2D eigenvalue weighted by molar-refractivity contribution is -0.140. The Bertz CT molecular complexity index is 1070. The van der Waals surface area contributed by atoms with Gasteiger partial charge in [0.25, 0.3) is 0 Å². The van der Waals surface area contributed by atoms with Crippen molar-refractivity contribution in [2.75, 3.05) is 14.2 Å². The van der Waals surface area contributed by atoms with E-state index in [1.807, 2.05) is 36.4 Å². The standard InChI is InChI=1S/C23H22N2O5/c1-28-20(26)12-11-18-13-19(23(27)29-2)21(30-18)16-7-3-14(4-8-16)15-5-9-17(10-6-15)22(24)25/h3-10,13H,11-12H2,1-2H3,(H3,24,25). The van der Waals surface area contributed by atoms with E-state index in [0.29, 0.717) is 34.6 Å². The molecule has 0 atom stereocenters. The fraction of sp³-hybridized carbons (Fsp3) is 0.174. The molecule has 154 valence electrons. The number of carbonyl (C=O) groups is 2. The zero-order valence-corrected chi connectivity index (χ0v) is 16.7.